The van der Waals surface area contributed by atoms with Gasteiger partial charge in [0.2, 0.25) is 0 Å². The Morgan fingerprint density at radius 3 is 1.12 bits per heavy atom. The Kier molecular flexibility index (Phi) is 16.0. The number of unbranched alkanes of at least 4 members (excludes halogenated alkanes) is 12. The van der Waals surface area contributed by atoms with Crippen LogP contribution in [-0.4, -0.2) is 0 Å². The first-order chi connectivity index (χ1) is 7.91. The summed E-state index contributed by atoms with van der Waals surface area (Å²) in [7, 11) is 0. The summed E-state index contributed by atoms with van der Waals surface area (Å²) in [6.45, 7) is 2.29. The van der Waals surface area contributed by atoms with Gasteiger partial charge in [0.15, 0.2) is 0 Å². The van der Waals surface area contributed by atoms with Crippen molar-refractivity contribution >= 4 is 0 Å². The molecule has 0 N–H and O–H groups in total. The van der Waals surface area contributed by atoms with Crippen LogP contribution in [0.4, 0.5) is 0 Å². The fourth-order valence-electron chi connectivity index (χ4n) is 2.10. The molecule has 0 fully saturated rings. The molecule has 0 saturated heterocycles. The first-order valence-electron chi connectivity index (χ1n) is 7.44. The third-order valence-electron chi connectivity index (χ3n) is 3.22. The van der Waals surface area contributed by atoms with Gasteiger partial charge in [0.05, 0.1) is 0 Å². The maximum atomic E-state index is 4.27. The van der Waals surface area contributed by atoms with Gasteiger partial charge in [-0.25, -0.2) is 0 Å². The van der Waals surface area contributed by atoms with E-state index in [4.69, 9.17) is 0 Å². The molecule has 100 valence electrons. The topological polar surface area (TPSA) is 0 Å². The number of hydrogen-bond donors (Lipinski definition) is 0. The second-order valence-electron chi connectivity index (χ2n) is 4.91. The Bertz CT molecular complexity index is 98.0. The zero-order chi connectivity index (χ0) is 11.9. The van der Waals surface area contributed by atoms with Gasteiger partial charge in [0.25, 0.3) is 0 Å². The quantitative estimate of drug-likeness (QED) is 0.358. The molecular weight excluding hydrogens is 239 g/mol. The van der Waals surface area contributed by atoms with E-state index < -0.39 is 0 Å². The SMILES string of the molecule is CCCCCCCCCCCCCC[CH2][Co]. The van der Waals surface area contributed by atoms with E-state index in [1.165, 1.54) is 83.5 Å². The monoisotopic (exact) mass is 270 g/mol. The predicted molar refractivity (Wildman–Crippen MR) is 70.5 cm³/mol. The van der Waals surface area contributed by atoms with Crippen LogP contribution in [0, 0.1) is 0 Å². The van der Waals surface area contributed by atoms with Crippen LogP contribution in [0.15, 0.2) is 0 Å². The van der Waals surface area contributed by atoms with E-state index in [-0.39, 0.29) is 0 Å². The Morgan fingerprint density at radius 2 is 0.812 bits per heavy atom. The second kappa shape index (κ2) is 15.5. The molecule has 0 saturated carbocycles. The third-order valence-corrected chi connectivity index (χ3v) is 3.59. The molecule has 0 amide bonds. The normalized spacial score (nSPS) is 10.9. The fourth-order valence-corrected chi connectivity index (χ4v) is 2.36. The Hall–Kier alpha value is 0.506. The molecule has 0 aromatic carbocycles. The van der Waals surface area contributed by atoms with Crippen LogP contribution in [0.1, 0.15) is 90.4 Å². The summed E-state index contributed by atoms with van der Waals surface area (Å²) in [4.78, 5) is 0. The molecule has 0 aromatic heterocycles. The molecule has 0 atom stereocenters. The van der Waals surface area contributed by atoms with E-state index in [2.05, 4.69) is 22.7 Å². The molecule has 0 aliphatic rings. The third kappa shape index (κ3) is 14.5. The first kappa shape index (κ1) is 16.5. The number of hydrogen-bond acceptors (Lipinski definition) is 0. The molecule has 0 rings (SSSR count). The number of rotatable bonds is 13. The fraction of sp³-hybridized carbons (Fsp3) is 1.00. The zero-order valence-electron chi connectivity index (χ0n) is 11.2. The standard InChI is InChI=1S/C15H31.Co/c1-3-5-7-9-11-13-15-14-12-10-8-6-4-2;/h1,3-15H2,2H3;. The van der Waals surface area contributed by atoms with Crippen molar-refractivity contribution < 1.29 is 15.7 Å². The second-order valence-corrected chi connectivity index (χ2v) is 5.43. The summed E-state index contributed by atoms with van der Waals surface area (Å²) >= 11 is 4.27. The van der Waals surface area contributed by atoms with Crippen molar-refractivity contribution in [3.05, 3.63) is 0 Å². The minimum absolute atomic E-state index is 1.06. The van der Waals surface area contributed by atoms with Crippen molar-refractivity contribution in [1.82, 2.24) is 0 Å². The van der Waals surface area contributed by atoms with Crippen LogP contribution >= 0.6 is 0 Å². The van der Waals surface area contributed by atoms with Crippen LogP contribution in [0.3, 0.4) is 0 Å². The van der Waals surface area contributed by atoms with Crippen LogP contribution in [0.25, 0.3) is 0 Å². The Balaban J connectivity index is 2.83. The average molecular weight is 270 g/mol. The van der Waals surface area contributed by atoms with Crippen molar-refractivity contribution in [3.63, 3.8) is 0 Å². The molecule has 0 bridgehead atoms. The van der Waals surface area contributed by atoms with Gasteiger partial charge in [0.1, 0.15) is 0 Å². The van der Waals surface area contributed by atoms with E-state index in [1.54, 1.807) is 0 Å². The average Bonchev–Trinajstić information content (AvgIpc) is 2.31. The van der Waals surface area contributed by atoms with Crippen LogP contribution in [-0.2, 0) is 15.7 Å². The summed E-state index contributed by atoms with van der Waals surface area (Å²) in [6.07, 6.45) is 18.6. The van der Waals surface area contributed by atoms with E-state index in [9.17, 15) is 0 Å². The first-order valence-corrected chi connectivity index (χ1v) is 8.18. The van der Waals surface area contributed by atoms with Crippen molar-refractivity contribution in [2.45, 2.75) is 95.7 Å². The molecule has 0 radical (unpaired) electrons. The molecule has 0 nitrogen and oxygen atoms in total. The molecule has 1 heteroatoms. The van der Waals surface area contributed by atoms with Crippen molar-refractivity contribution in [2.24, 2.45) is 0 Å². The van der Waals surface area contributed by atoms with Gasteiger partial charge >= 0.3 is 91.7 Å². The van der Waals surface area contributed by atoms with E-state index >= 15 is 0 Å². The predicted octanol–water partition coefficient (Wildman–Crippen LogP) is 6.04. The van der Waals surface area contributed by atoms with Crippen molar-refractivity contribution in [3.8, 4) is 0 Å². The molecule has 0 spiro atoms. The molecular formula is C15H31Co. The van der Waals surface area contributed by atoms with Gasteiger partial charge in [-0.05, 0) is 0 Å². The van der Waals surface area contributed by atoms with Gasteiger partial charge in [-0.3, -0.25) is 0 Å². The van der Waals surface area contributed by atoms with Crippen LogP contribution in [0.5, 0.6) is 0 Å². The van der Waals surface area contributed by atoms with Crippen molar-refractivity contribution in [1.29, 1.82) is 0 Å². The Labute approximate surface area is 112 Å². The minimum atomic E-state index is 1.06. The van der Waals surface area contributed by atoms with Gasteiger partial charge in [-0.2, -0.15) is 0 Å². The van der Waals surface area contributed by atoms with E-state index in [0.717, 1.165) is 5.36 Å². The maximum absolute atomic E-state index is 4.27. The van der Waals surface area contributed by atoms with E-state index in [0.29, 0.717) is 0 Å². The summed E-state index contributed by atoms with van der Waals surface area (Å²) in [5.41, 5.74) is 0. The molecule has 0 aliphatic heterocycles. The summed E-state index contributed by atoms with van der Waals surface area (Å²) < 4.78 is 0. The summed E-state index contributed by atoms with van der Waals surface area (Å²) in [6, 6.07) is 0. The van der Waals surface area contributed by atoms with Gasteiger partial charge in [-0.15, -0.1) is 0 Å². The summed E-state index contributed by atoms with van der Waals surface area (Å²) in [5, 5.41) is 1.06. The zero-order valence-corrected chi connectivity index (χ0v) is 12.3. The Morgan fingerprint density at radius 1 is 0.500 bits per heavy atom. The molecule has 0 aromatic rings. The molecule has 0 heterocycles. The van der Waals surface area contributed by atoms with E-state index in [1.807, 2.05) is 0 Å². The molecule has 0 aliphatic carbocycles. The van der Waals surface area contributed by atoms with Gasteiger partial charge in [0, 0.05) is 0 Å². The molecule has 16 heavy (non-hydrogen) atoms. The van der Waals surface area contributed by atoms with Crippen molar-refractivity contribution in [2.75, 3.05) is 0 Å². The molecule has 0 unspecified atom stereocenters. The van der Waals surface area contributed by atoms with Gasteiger partial charge < -0.3 is 0 Å². The van der Waals surface area contributed by atoms with Crippen LogP contribution in [0.2, 0.25) is 5.36 Å². The van der Waals surface area contributed by atoms with Crippen LogP contribution < -0.4 is 0 Å². The summed E-state index contributed by atoms with van der Waals surface area (Å²) in [5.74, 6) is 0. The van der Waals surface area contributed by atoms with Gasteiger partial charge in [-0.1, -0.05) is 19.8 Å².